The van der Waals surface area contributed by atoms with Crippen LogP contribution in [-0.4, -0.2) is 48.6 Å². The molecule has 1 unspecified atom stereocenters. The van der Waals surface area contributed by atoms with E-state index in [2.05, 4.69) is 10.1 Å². The molecule has 0 amide bonds. The van der Waals surface area contributed by atoms with E-state index in [1.54, 1.807) is 29.0 Å². The van der Waals surface area contributed by atoms with Crippen molar-refractivity contribution in [3.63, 3.8) is 0 Å². The highest BCUT2D eigenvalue weighted by molar-refractivity contribution is 7.89. The molecule has 0 spiro atoms. The fraction of sp³-hybridized carbons (Fsp3) is 0.538. The van der Waals surface area contributed by atoms with Gasteiger partial charge in [0.25, 0.3) is 0 Å². The highest BCUT2D eigenvalue weighted by Crippen LogP contribution is 2.30. The second kappa shape index (κ2) is 5.82. The zero-order chi connectivity index (χ0) is 15.6. The summed E-state index contributed by atoms with van der Waals surface area (Å²) in [6.45, 7) is 1.14. The Balaban J connectivity index is 1.75. The molecule has 1 atom stereocenters. The second-order valence-electron chi connectivity index (χ2n) is 5.65. The fourth-order valence-electron chi connectivity index (χ4n) is 2.71. The molecule has 1 aliphatic heterocycles. The first-order chi connectivity index (χ1) is 10.5. The molecule has 3 heterocycles. The van der Waals surface area contributed by atoms with Gasteiger partial charge in [0.15, 0.2) is 5.65 Å². The summed E-state index contributed by atoms with van der Waals surface area (Å²) < 4.78 is 35.7. The highest BCUT2D eigenvalue weighted by atomic mass is 32.2. The average molecular weight is 326 g/mol. The van der Waals surface area contributed by atoms with Crippen molar-refractivity contribution in [3.05, 3.63) is 24.5 Å². The van der Waals surface area contributed by atoms with E-state index >= 15 is 0 Å². The Kier molecular flexibility index (Phi) is 4.02. The number of nitrogens with two attached hydrogens (primary N) is 1. The number of imidazole rings is 1. The van der Waals surface area contributed by atoms with Crippen LogP contribution in [0.3, 0.4) is 0 Å². The Hall–Kier alpha value is -1.71. The number of hydrogen-bond acceptors (Lipinski definition) is 6. The molecule has 1 fully saturated rings. The van der Waals surface area contributed by atoms with Gasteiger partial charge in [-0.25, -0.2) is 23.1 Å². The van der Waals surface area contributed by atoms with E-state index in [4.69, 9.17) is 14.6 Å². The third-order valence-corrected chi connectivity index (χ3v) is 4.68. The minimum Gasteiger partial charge on any atom is -0.476 e. The summed E-state index contributed by atoms with van der Waals surface area (Å²) in [5.74, 6) is 0.248. The maximum absolute atomic E-state index is 11.5. The predicted octanol–water partition coefficient (Wildman–Crippen LogP) is 0.193. The lowest BCUT2D eigenvalue weighted by molar-refractivity contribution is -0.0205. The van der Waals surface area contributed by atoms with Crippen molar-refractivity contribution < 1.29 is 17.9 Å². The van der Waals surface area contributed by atoms with Crippen LogP contribution in [0, 0.1) is 5.41 Å². The summed E-state index contributed by atoms with van der Waals surface area (Å²) in [5, 5.41) is 9.47. The number of ether oxygens (including phenoxy) is 2. The van der Waals surface area contributed by atoms with Crippen molar-refractivity contribution in [2.24, 2.45) is 10.6 Å². The van der Waals surface area contributed by atoms with Gasteiger partial charge in [0, 0.05) is 30.5 Å². The predicted molar refractivity (Wildman–Crippen MR) is 78.9 cm³/mol. The number of hydrogen-bond donors (Lipinski definition) is 1. The first-order valence-corrected chi connectivity index (χ1v) is 8.69. The molecule has 0 aromatic carbocycles. The molecular formula is C13H18N4O4S. The Bertz CT molecular complexity index is 752. The van der Waals surface area contributed by atoms with Crippen molar-refractivity contribution >= 4 is 15.7 Å². The maximum atomic E-state index is 11.5. The summed E-state index contributed by atoms with van der Waals surface area (Å²) in [7, 11) is -3.61. The molecule has 0 radical (unpaired) electrons. The SMILES string of the molecule is NS(=O)(=O)CC1(COc2ccc3nccn3n2)CCCOC1. The Morgan fingerprint density at radius 1 is 1.45 bits per heavy atom. The van der Waals surface area contributed by atoms with E-state index in [0.29, 0.717) is 31.2 Å². The maximum Gasteiger partial charge on any atom is 0.231 e. The Morgan fingerprint density at radius 3 is 3.05 bits per heavy atom. The third-order valence-electron chi connectivity index (χ3n) is 3.67. The Labute approximate surface area is 128 Å². The molecule has 3 rings (SSSR count). The average Bonchev–Trinajstić information content (AvgIpc) is 2.92. The van der Waals surface area contributed by atoms with Crippen LogP contribution in [-0.2, 0) is 14.8 Å². The van der Waals surface area contributed by atoms with E-state index in [1.807, 2.05) is 0 Å². The Morgan fingerprint density at radius 2 is 2.32 bits per heavy atom. The van der Waals surface area contributed by atoms with E-state index in [0.717, 1.165) is 6.42 Å². The molecule has 0 aliphatic carbocycles. The van der Waals surface area contributed by atoms with Crippen LogP contribution in [0.15, 0.2) is 24.5 Å². The van der Waals surface area contributed by atoms with Gasteiger partial charge in [-0.2, -0.15) is 0 Å². The van der Waals surface area contributed by atoms with E-state index in [9.17, 15) is 8.42 Å². The van der Waals surface area contributed by atoms with Gasteiger partial charge >= 0.3 is 0 Å². The lowest BCUT2D eigenvalue weighted by atomic mass is 9.85. The number of primary sulfonamides is 1. The van der Waals surface area contributed by atoms with Crippen molar-refractivity contribution in [2.45, 2.75) is 12.8 Å². The first kappa shape index (κ1) is 15.2. The minimum absolute atomic E-state index is 0.159. The van der Waals surface area contributed by atoms with Gasteiger partial charge in [-0.05, 0) is 18.9 Å². The van der Waals surface area contributed by atoms with Gasteiger partial charge in [0.2, 0.25) is 15.9 Å². The minimum atomic E-state index is -3.61. The molecule has 2 N–H and O–H groups in total. The van der Waals surface area contributed by atoms with Crippen LogP contribution >= 0.6 is 0 Å². The van der Waals surface area contributed by atoms with Crippen LogP contribution in [0.1, 0.15) is 12.8 Å². The van der Waals surface area contributed by atoms with Crippen molar-refractivity contribution in [3.8, 4) is 5.88 Å². The second-order valence-corrected chi connectivity index (χ2v) is 7.27. The van der Waals surface area contributed by atoms with Crippen molar-refractivity contribution in [2.75, 3.05) is 25.6 Å². The van der Waals surface area contributed by atoms with Crippen LogP contribution in [0.2, 0.25) is 0 Å². The number of aromatic nitrogens is 3. The summed E-state index contributed by atoms with van der Waals surface area (Å²) in [4.78, 5) is 4.10. The van der Waals surface area contributed by atoms with Gasteiger partial charge in [0.1, 0.15) is 0 Å². The molecule has 120 valence electrons. The lowest BCUT2D eigenvalue weighted by Gasteiger charge is -2.35. The lowest BCUT2D eigenvalue weighted by Crippen LogP contribution is -2.44. The van der Waals surface area contributed by atoms with Crippen LogP contribution in [0.4, 0.5) is 0 Å². The highest BCUT2D eigenvalue weighted by Gasteiger charge is 2.37. The van der Waals surface area contributed by atoms with Gasteiger partial charge in [0.05, 0.1) is 19.0 Å². The number of rotatable bonds is 5. The molecule has 2 aromatic heterocycles. The largest absolute Gasteiger partial charge is 0.476 e. The van der Waals surface area contributed by atoms with Crippen LogP contribution in [0.5, 0.6) is 5.88 Å². The fourth-order valence-corrected chi connectivity index (χ4v) is 3.87. The summed E-state index contributed by atoms with van der Waals surface area (Å²) in [6, 6.07) is 3.49. The molecule has 22 heavy (non-hydrogen) atoms. The van der Waals surface area contributed by atoms with E-state index < -0.39 is 15.4 Å². The normalized spacial score (nSPS) is 22.8. The summed E-state index contributed by atoms with van der Waals surface area (Å²) in [5.41, 5.74) is 0.0878. The standard InChI is InChI=1S/C13H18N4O4S/c14-22(18,19)10-13(4-1-7-20-8-13)9-21-12-3-2-11-15-5-6-17(11)16-12/h2-3,5-6H,1,4,7-10H2,(H2,14,18,19). The quantitative estimate of drug-likeness (QED) is 0.840. The molecule has 9 heteroatoms. The van der Waals surface area contributed by atoms with Crippen molar-refractivity contribution in [1.82, 2.24) is 14.6 Å². The van der Waals surface area contributed by atoms with Crippen LogP contribution in [0.25, 0.3) is 5.65 Å². The third kappa shape index (κ3) is 3.54. The topological polar surface area (TPSA) is 109 Å². The summed E-state index contributed by atoms with van der Waals surface area (Å²) in [6.07, 6.45) is 4.83. The van der Waals surface area contributed by atoms with Gasteiger partial charge in [-0.1, -0.05) is 0 Å². The smallest absolute Gasteiger partial charge is 0.231 e. The zero-order valence-electron chi connectivity index (χ0n) is 12.0. The van der Waals surface area contributed by atoms with Crippen molar-refractivity contribution in [1.29, 1.82) is 0 Å². The van der Waals surface area contributed by atoms with Gasteiger partial charge in [-0.3, -0.25) is 0 Å². The first-order valence-electron chi connectivity index (χ1n) is 6.97. The molecule has 1 aliphatic rings. The molecule has 2 aromatic rings. The van der Waals surface area contributed by atoms with Gasteiger partial charge in [-0.15, -0.1) is 5.10 Å². The summed E-state index contributed by atoms with van der Waals surface area (Å²) >= 11 is 0. The number of fused-ring (bicyclic) bond motifs is 1. The zero-order valence-corrected chi connectivity index (χ0v) is 12.8. The van der Waals surface area contributed by atoms with Crippen LogP contribution < -0.4 is 9.88 Å². The molecular weight excluding hydrogens is 308 g/mol. The molecule has 8 nitrogen and oxygen atoms in total. The number of nitrogens with zero attached hydrogens (tertiary/aromatic N) is 3. The number of sulfonamides is 1. The molecule has 0 bridgehead atoms. The van der Waals surface area contributed by atoms with E-state index in [1.165, 1.54) is 0 Å². The van der Waals surface area contributed by atoms with Gasteiger partial charge < -0.3 is 9.47 Å². The molecule has 1 saturated heterocycles. The molecule has 0 saturated carbocycles. The van der Waals surface area contributed by atoms with E-state index in [-0.39, 0.29) is 12.4 Å². The monoisotopic (exact) mass is 326 g/mol.